The van der Waals surface area contributed by atoms with E-state index in [-0.39, 0.29) is 0 Å². The molecule has 44 heavy (non-hydrogen) atoms. The second-order valence-electron chi connectivity index (χ2n) is 13.2. The first kappa shape index (κ1) is 40.3. The van der Waals surface area contributed by atoms with E-state index in [0.29, 0.717) is 0 Å². The Bertz CT molecular complexity index is 716. The van der Waals surface area contributed by atoms with Crippen LogP contribution >= 0.6 is 0 Å². The highest BCUT2D eigenvalue weighted by molar-refractivity contribution is 5.66. The first-order valence-corrected chi connectivity index (χ1v) is 19.4. The first-order valence-electron chi connectivity index (χ1n) is 19.4. The summed E-state index contributed by atoms with van der Waals surface area (Å²) in [6.45, 7) is 14.2. The van der Waals surface area contributed by atoms with Crippen molar-refractivity contribution >= 4 is 12.2 Å². The van der Waals surface area contributed by atoms with E-state index in [2.05, 4.69) is 39.1 Å². The van der Waals surface area contributed by atoms with E-state index in [1.807, 2.05) is 12.2 Å². The lowest BCUT2D eigenvalue weighted by Crippen LogP contribution is -2.02. The maximum Gasteiger partial charge on any atom is 0.127 e. The molecule has 1 aromatic rings. The van der Waals surface area contributed by atoms with Gasteiger partial charge in [0.2, 0.25) is 0 Å². The molecule has 1 rings (SSSR count). The van der Waals surface area contributed by atoms with Gasteiger partial charge in [-0.1, -0.05) is 206 Å². The van der Waals surface area contributed by atoms with Gasteiger partial charge < -0.3 is 9.47 Å². The van der Waals surface area contributed by atoms with Crippen LogP contribution in [0.5, 0.6) is 11.5 Å². The molecule has 0 radical (unpaired) electrons. The lowest BCUT2D eigenvalue weighted by atomic mass is 10.0. The van der Waals surface area contributed by atoms with E-state index in [0.717, 1.165) is 48.7 Å². The van der Waals surface area contributed by atoms with Crippen molar-refractivity contribution in [1.82, 2.24) is 0 Å². The quantitative estimate of drug-likeness (QED) is 0.0723. The van der Waals surface area contributed by atoms with Crippen molar-refractivity contribution in [3.63, 3.8) is 0 Å². The average Bonchev–Trinajstić information content (AvgIpc) is 3.04. The van der Waals surface area contributed by atoms with Crippen molar-refractivity contribution < 1.29 is 9.47 Å². The number of hydrogen-bond acceptors (Lipinski definition) is 2. The van der Waals surface area contributed by atoms with E-state index in [1.165, 1.54) is 167 Å². The summed E-state index contributed by atoms with van der Waals surface area (Å²) in [5.41, 5.74) is 2.02. The summed E-state index contributed by atoms with van der Waals surface area (Å²) >= 11 is 0. The molecular formula is C42H74O2. The molecule has 0 bridgehead atoms. The maximum absolute atomic E-state index is 6.19. The molecule has 0 amide bonds. The Morgan fingerprint density at radius 3 is 0.841 bits per heavy atom. The van der Waals surface area contributed by atoms with E-state index < -0.39 is 0 Å². The fraction of sp³-hybridized carbons (Fsp3) is 0.762. The molecule has 0 aliphatic rings. The molecule has 0 aliphatic heterocycles. The first-order chi connectivity index (χ1) is 21.8. The largest absolute Gasteiger partial charge is 0.493 e. The summed E-state index contributed by atoms with van der Waals surface area (Å²) in [7, 11) is 0. The normalized spacial score (nSPS) is 11.1. The summed E-state index contributed by atoms with van der Waals surface area (Å²) < 4.78 is 12.4. The number of benzene rings is 1. The second-order valence-corrected chi connectivity index (χ2v) is 13.2. The average molecular weight is 611 g/mol. The number of hydrogen-bond donors (Lipinski definition) is 0. The van der Waals surface area contributed by atoms with Gasteiger partial charge in [0.15, 0.2) is 0 Å². The van der Waals surface area contributed by atoms with Gasteiger partial charge in [-0.05, 0) is 25.0 Å². The van der Waals surface area contributed by atoms with Crippen LogP contribution in [-0.4, -0.2) is 13.2 Å². The van der Waals surface area contributed by atoms with Crippen molar-refractivity contribution in [3.05, 3.63) is 36.4 Å². The molecule has 2 nitrogen and oxygen atoms in total. The number of rotatable bonds is 34. The summed E-state index contributed by atoms with van der Waals surface area (Å²) in [5, 5.41) is 0. The van der Waals surface area contributed by atoms with Crippen molar-refractivity contribution in [2.24, 2.45) is 0 Å². The van der Waals surface area contributed by atoms with Gasteiger partial charge in [0.25, 0.3) is 0 Å². The van der Waals surface area contributed by atoms with Crippen molar-refractivity contribution in [2.45, 2.75) is 194 Å². The van der Waals surface area contributed by atoms with Gasteiger partial charge >= 0.3 is 0 Å². The van der Waals surface area contributed by atoms with Gasteiger partial charge in [-0.15, -0.1) is 0 Å². The molecule has 0 N–H and O–H groups in total. The Balaban J connectivity index is 2.10. The van der Waals surface area contributed by atoms with E-state index in [9.17, 15) is 0 Å². The van der Waals surface area contributed by atoms with Crippen LogP contribution in [0.2, 0.25) is 0 Å². The molecule has 0 aliphatic carbocycles. The highest BCUT2D eigenvalue weighted by atomic mass is 16.5. The van der Waals surface area contributed by atoms with E-state index in [4.69, 9.17) is 9.47 Å². The number of unbranched alkanes of at least 4 members (excludes halogenated alkanes) is 26. The Labute approximate surface area is 275 Å². The molecule has 0 atom stereocenters. The smallest absolute Gasteiger partial charge is 0.127 e. The van der Waals surface area contributed by atoms with Crippen molar-refractivity contribution in [3.8, 4) is 11.5 Å². The Morgan fingerprint density at radius 1 is 0.386 bits per heavy atom. The fourth-order valence-corrected chi connectivity index (χ4v) is 6.12. The van der Waals surface area contributed by atoms with Crippen molar-refractivity contribution in [1.29, 1.82) is 0 Å². The second kappa shape index (κ2) is 31.3. The third-order valence-corrected chi connectivity index (χ3v) is 9.09. The zero-order chi connectivity index (χ0) is 31.8. The minimum absolute atomic E-state index is 0.759. The Morgan fingerprint density at radius 2 is 0.614 bits per heavy atom. The van der Waals surface area contributed by atoms with Gasteiger partial charge in [0.05, 0.1) is 13.2 Å². The van der Waals surface area contributed by atoms with Crippen LogP contribution in [0.1, 0.15) is 205 Å². The maximum atomic E-state index is 6.19. The third kappa shape index (κ3) is 22.8. The van der Waals surface area contributed by atoms with Gasteiger partial charge in [-0.2, -0.15) is 0 Å². The molecule has 254 valence electrons. The topological polar surface area (TPSA) is 18.5 Å². The predicted molar refractivity (Wildman–Crippen MR) is 198 cm³/mol. The zero-order valence-corrected chi connectivity index (χ0v) is 29.8. The molecule has 0 heterocycles. The molecule has 0 spiro atoms. The molecule has 0 unspecified atom stereocenters. The Hall–Kier alpha value is -1.70. The molecule has 2 heteroatoms. The lowest BCUT2D eigenvalue weighted by Gasteiger charge is -2.15. The fourth-order valence-electron chi connectivity index (χ4n) is 6.12. The summed E-state index contributed by atoms with van der Waals surface area (Å²) in [5.74, 6) is 1.79. The highest BCUT2D eigenvalue weighted by Gasteiger charge is 2.09. The zero-order valence-electron chi connectivity index (χ0n) is 29.8. The summed E-state index contributed by atoms with van der Waals surface area (Å²) in [6, 6.07) is 4.16. The predicted octanol–water partition coefficient (Wildman–Crippen LogP) is 14.7. The highest BCUT2D eigenvalue weighted by Crippen LogP contribution is 2.31. The number of ether oxygens (including phenoxy) is 2. The van der Waals surface area contributed by atoms with Crippen molar-refractivity contribution in [2.75, 3.05) is 13.2 Å². The monoisotopic (exact) mass is 611 g/mol. The van der Waals surface area contributed by atoms with Crippen LogP contribution < -0.4 is 9.47 Å². The molecule has 0 saturated carbocycles. The van der Waals surface area contributed by atoms with Crippen LogP contribution in [0.3, 0.4) is 0 Å². The summed E-state index contributed by atoms with van der Waals surface area (Å²) in [6.07, 6.45) is 42.2. The molecular weight excluding hydrogens is 536 g/mol. The lowest BCUT2D eigenvalue weighted by molar-refractivity contribution is 0.295. The Kier molecular flexibility index (Phi) is 28.7. The van der Waals surface area contributed by atoms with Crippen LogP contribution in [0.4, 0.5) is 0 Å². The standard InChI is InChI=1S/C42H74O2/c1-5-9-11-13-15-17-19-21-23-25-27-29-31-33-35-43-41-37-40(8-4)42(38-39(41)7-3)44-36-34-32-30-28-26-24-22-20-18-16-14-12-10-6-2/h7-8,37-38H,3-6,9-36H2,1-2H3. The van der Waals surface area contributed by atoms with Crippen LogP contribution in [0.25, 0.3) is 12.2 Å². The van der Waals surface area contributed by atoms with Gasteiger partial charge in [0, 0.05) is 11.1 Å². The van der Waals surface area contributed by atoms with Gasteiger partial charge in [-0.25, -0.2) is 0 Å². The molecule has 0 fully saturated rings. The molecule has 0 saturated heterocycles. The van der Waals surface area contributed by atoms with Crippen LogP contribution in [-0.2, 0) is 0 Å². The van der Waals surface area contributed by atoms with Gasteiger partial charge in [-0.3, -0.25) is 0 Å². The third-order valence-electron chi connectivity index (χ3n) is 9.09. The van der Waals surface area contributed by atoms with Gasteiger partial charge in [0.1, 0.15) is 11.5 Å². The summed E-state index contributed by atoms with van der Waals surface area (Å²) in [4.78, 5) is 0. The van der Waals surface area contributed by atoms with Crippen LogP contribution in [0.15, 0.2) is 25.3 Å². The van der Waals surface area contributed by atoms with Crippen LogP contribution in [0, 0.1) is 0 Å². The molecule has 1 aromatic carbocycles. The minimum Gasteiger partial charge on any atom is -0.493 e. The van der Waals surface area contributed by atoms with E-state index >= 15 is 0 Å². The SMILES string of the molecule is C=Cc1cc(OCCCCCCCCCCCCCCCC)c(C=C)cc1OCCCCCCCCCCCCCCCC. The van der Waals surface area contributed by atoms with E-state index in [1.54, 1.807) is 0 Å². The minimum atomic E-state index is 0.759. The molecule has 0 aromatic heterocycles.